The lowest BCUT2D eigenvalue weighted by Gasteiger charge is -2.18. The van der Waals surface area contributed by atoms with Crippen molar-refractivity contribution in [3.05, 3.63) is 29.6 Å². The number of amides is 1. The molecule has 1 aromatic rings. The van der Waals surface area contributed by atoms with Crippen molar-refractivity contribution >= 4 is 21.8 Å². The van der Waals surface area contributed by atoms with Crippen LogP contribution in [0.15, 0.2) is 18.2 Å². The van der Waals surface area contributed by atoms with E-state index in [1.165, 1.54) is 0 Å². The highest BCUT2D eigenvalue weighted by atomic mass is 32.3. The Hall–Kier alpha value is -1.71. The summed E-state index contributed by atoms with van der Waals surface area (Å²) in [6.07, 6.45) is -5.13. The number of halogens is 5. The molecule has 22 heavy (non-hydrogen) atoms. The summed E-state index contributed by atoms with van der Waals surface area (Å²) >= 11 is 0. The second kappa shape index (κ2) is 5.49. The van der Waals surface area contributed by atoms with Crippen LogP contribution in [0.4, 0.5) is 27.1 Å². The molecular formula is C12H10F5NO3S. The van der Waals surface area contributed by atoms with Crippen LogP contribution in [0, 0.1) is 11.7 Å². The summed E-state index contributed by atoms with van der Waals surface area (Å²) in [6, 6.07) is 1.96. The SMILES string of the molecule is O=C1CC(CS(=O)(=O)F)CN1c1ccc(C(F)(F)F)c(F)c1. The zero-order valence-electron chi connectivity index (χ0n) is 10.9. The summed E-state index contributed by atoms with van der Waals surface area (Å²) in [5, 5.41) is 0. The quantitative estimate of drug-likeness (QED) is 0.626. The molecule has 10 heteroatoms. The lowest BCUT2D eigenvalue weighted by molar-refractivity contribution is -0.140. The molecule has 0 saturated carbocycles. The number of anilines is 1. The summed E-state index contributed by atoms with van der Waals surface area (Å²) in [7, 11) is -4.77. The second-order valence-corrected chi connectivity index (χ2v) is 6.35. The summed E-state index contributed by atoms with van der Waals surface area (Å²) in [6.45, 7) is -0.202. The van der Waals surface area contributed by atoms with Gasteiger partial charge in [-0.2, -0.15) is 21.6 Å². The minimum atomic E-state index is -4.86. The van der Waals surface area contributed by atoms with Crippen molar-refractivity contribution in [3.63, 3.8) is 0 Å². The van der Waals surface area contributed by atoms with Gasteiger partial charge in [0.1, 0.15) is 5.82 Å². The van der Waals surface area contributed by atoms with Gasteiger partial charge < -0.3 is 4.90 Å². The molecule has 1 aliphatic rings. The first kappa shape index (κ1) is 16.7. The molecule has 1 fully saturated rings. The lowest BCUT2D eigenvalue weighted by atomic mass is 10.1. The molecule has 0 aromatic heterocycles. The van der Waals surface area contributed by atoms with Gasteiger partial charge in [0, 0.05) is 24.6 Å². The third-order valence-electron chi connectivity index (χ3n) is 3.21. The van der Waals surface area contributed by atoms with Crippen LogP contribution >= 0.6 is 0 Å². The van der Waals surface area contributed by atoms with Gasteiger partial charge in [0.2, 0.25) is 5.91 Å². The Morgan fingerprint density at radius 1 is 1.27 bits per heavy atom. The van der Waals surface area contributed by atoms with Gasteiger partial charge in [-0.1, -0.05) is 0 Å². The Morgan fingerprint density at radius 2 is 1.91 bits per heavy atom. The molecule has 2 rings (SSSR count). The average Bonchev–Trinajstić information content (AvgIpc) is 2.65. The van der Waals surface area contributed by atoms with Gasteiger partial charge >= 0.3 is 16.4 Å². The van der Waals surface area contributed by atoms with E-state index in [0.29, 0.717) is 12.1 Å². The van der Waals surface area contributed by atoms with E-state index in [9.17, 15) is 34.7 Å². The Bertz CT molecular complexity index is 701. The molecule has 0 aliphatic carbocycles. The van der Waals surface area contributed by atoms with Crippen LogP contribution in [-0.2, 0) is 21.2 Å². The van der Waals surface area contributed by atoms with Gasteiger partial charge in [0.05, 0.1) is 11.3 Å². The van der Waals surface area contributed by atoms with Crippen molar-refractivity contribution in [1.82, 2.24) is 0 Å². The number of nitrogens with zero attached hydrogens (tertiary/aromatic N) is 1. The molecule has 1 heterocycles. The summed E-state index contributed by atoms with van der Waals surface area (Å²) in [5.41, 5.74) is -1.60. The molecule has 1 saturated heterocycles. The molecule has 0 N–H and O–H groups in total. The lowest BCUT2D eigenvalue weighted by Crippen LogP contribution is -2.25. The predicted molar refractivity (Wildman–Crippen MR) is 66.8 cm³/mol. The normalized spacial score (nSPS) is 19.8. The maximum Gasteiger partial charge on any atom is 0.419 e. The molecule has 0 spiro atoms. The van der Waals surface area contributed by atoms with Crippen LogP contribution < -0.4 is 4.90 Å². The van der Waals surface area contributed by atoms with Crippen LogP contribution in [0.5, 0.6) is 0 Å². The highest BCUT2D eigenvalue weighted by Gasteiger charge is 2.36. The van der Waals surface area contributed by atoms with E-state index in [0.717, 1.165) is 11.0 Å². The Kier molecular flexibility index (Phi) is 4.16. The van der Waals surface area contributed by atoms with Gasteiger partial charge in [0.15, 0.2) is 0 Å². The fraction of sp³-hybridized carbons (Fsp3) is 0.417. The third kappa shape index (κ3) is 3.73. The minimum absolute atomic E-state index is 0.130. The fourth-order valence-corrected chi connectivity index (χ4v) is 3.11. The standard InChI is InChI=1S/C12H10F5NO3S/c13-10-4-8(1-2-9(10)12(14,15)16)18-5-7(3-11(18)19)6-22(17,20)21/h1-2,4,7H,3,5-6H2. The second-order valence-electron chi connectivity index (χ2n) is 4.94. The molecule has 1 atom stereocenters. The minimum Gasteiger partial charge on any atom is -0.312 e. The van der Waals surface area contributed by atoms with E-state index in [1.807, 2.05) is 0 Å². The van der Waals surface area contributed by atoms with Crippen LogP contribution in [-0.4, -0.2) is 26.6 Å². The van der Waals surface area contributed by atoms with Crippen molar-refractivity contribution in [2.75, 3.05) is 17.2 Å². The number of hydrogen-bond donors (Lipinski definition) is 0. The number of carbonyl (C=O) groups is 1. The molecule has 4 nitrogen and oxygen atoms in total. The van der Waals surface area contributed by atoms with Gasteiger partial charge in [0.25, 0.3) is 0 Å². The van der Waals surface area contributed by atoms with Crippen LogP contribution in [0.3, 0.4) is 0 Å². The van der Waals surface area contributed by atoms with Crippen LogP contribution in [0.2, 0.25) is 0 Å². The molecule has 0 bridgehead atoms. The fourth-order valence-electron chi connectivity index (χ4n) is 2.33. The number of rotatable bonds is 3. The number of hydrogen-bond acceptors (Lipinski definition) is 3. The Morgan fingerprint density at radius 3 is 2.41 bits per heavy atom. The van der Waals surface area contributed by atoms with Crippen molar-refractivity contribution in [1.29, 1.82) is 0 Å². The molecule has 1 aliphatic heterocycles. The van der Waals surface area contributed by atoms with Crippen molar-refractivity contribution in [3.8, 4) is 0 Å². The van der Waals surface area contributed by atoms with E-state index < -0.39 is 45.4 Å². The van der Waals surface area contributed by atoms with E-state index in [-0.39, 0.29) is 18.7 Å². The largest absolute Gasteiger partial charge is 0.419 e. The topological polar surface area (TPSA) is 54.5 Å². The van der Waals surface area contributed by atoms with Gasteiger partial charge in [-0.3, -0.25) is 4.79 Å². The number of benzene rings is 1. The van der Waals surface area contributed by atoms with Crippen LogP contribution in [0.25, 0.3) is 0 Å². The monoisotopic (exact) mass is 343 g/mol. The van der Waals surface area contributed by atoms with Gasteiger partial charge in [-0.05, 0) is 18.2 Å². The Labute approximate surface area is 122 Å². The van der Waals surface area contributed by atoms with Crippen molar-refractivity contribution in [2.45, 2.75) is 12.6 Å². The summed E-state index contributed by atoms with van der Waals surface area (Å²) in [5.74, 6) is -3.83. The molecule has 1 unspecified atom stereocenters. The predicted octanol–water partition coefficient (Wildman–Crippen LogP) is 2.50. The molecule has 122 valence electrons. The van der Waals surface area contributed by atoms with Crippen molar-refractivity contribution in [2.24, 2.45) is 5.92 Å². The number of alkyl halides is 3. The van der Waals surface area contributed by atoms with E-state index in [1.54, 1.807) is 0 Å². The van der Waals surface area contributed by atoms with Gasteiger partial charge in [-0.15, -0.1) is 3.89 Å². The molecule has 1 amide bonds. The zero-order valence-corrected chi connectivity index (χ0v) is 11.7. The Balaban J connectivity index is 2.22. The molecule has 1 aromatic carbocycles. The first-order valence-electron chi connectivity index (χ1n) is 6.07. The average molecular weight is 343 g/mol. The molecule has 0 radical (unpaired) electrons. The maximum absolute atomic E-state index is 13.5. The smallest absolute Gasteiger partial charge is 0.312 e. The highest BCUT2D eigenvalue weighted by molar-refractivity contribution is 7.86. The van der Waals surface area contributed by atoms with Gasteiger partial charge in [-0.25, -0.2) is 4.39 Å². The zero-order chi connectivity index (χ0) is 16.7. The molecular weight excluding hydrogens is 333 g/mol. The summed E-state index contributed by atoms with van der Waals surface area (Å²) in [4.78, 5) is 12.7. The van der Waals surface area contributed by atoms with Crippen LogP contribution in [0.1, 0.15) is 12.0 Å². The first-order chi connectivity index (χ1) is 9.97. The van der Waals surface area contributed by atoms with Crippen molar-refractivity contribution < 1.29 is 34.7 Å². The van der Waals surface area contributed by atoms with E-state index in [2.05, 4.69) is 0 Å². The third-order valence-corrected chi connectivity index (χ3v) is 4.08. The van der Waals surface area contributed by atoms with E-state index in [4.69, 9.17) is 0 Å². The van der Waals surface area contributed by atoms with E-state index >= 15 is 0 Å². The summed E-state index contributed by atoms with van der Waals surface area (Å²) < 4.78 is 84.6. The number of carbonyl (C=O) groups excluding carboxylic acids is 1. The first-order valence-corrected chi connectivity index (χ1v) is 7.62. The maximum atomic E-state index is 13.5. The highest BCUT2D eigenvalue weighted by Crippen LogP contribution is 2.34.